The number of aromatic nitrogens is 2. The molecule has 31 heavy (non-hydrogen) atoms. The number of nitrogens with one attached hydrogen (secondary N) is 2. The second-order valence-electron chi connectivity index (χ2n) is 7.36. The number of fused-ring (bicyclic) bond motifs is 1. The quantitative estimate of drug-likeness (QED) is 0.479. The van der Waals surface area contributed by atoms with Crippen LogP contribution < -0.4 is 15.6 Å². The summed E-state index contributed by atoms with van der Waals surface area (Å²) in [4.78, 5) is 25.6. The normalized spacial score (nSPS) is 10.9. The van der Waals surface area contributed by atoms with E-state index in [1.54, 1.807) is 24.4 Å². The molecule has 6 nitrogen and oxygen atoms in total. The van der Waals surface area contributed by atoms with E-state index in [0.29, 0.717) is 18.8 Å². The van der Waals surface area contributed by atoms with Gasteiger partial charge in [-0.3, -0.25) is 9.59 Å². The second kappa shape index (κ2) is 8.87. The molecular weight excluding hydrogens is 397 g/mol. The van der Waals surface area contributed by atoms with Gasteiger partial charge < -0.3 is 19.6 Å². The van der Waals surface area contributed by atoms with Crippen molar-refractivity contribution in [3.05, 3.63) is 99.9 Å². The molecule has 4 rings (SSSR count). The molecule has 1 amide bonds. The minimum atomic E-state index is -0.291. The number of hydrogen-bond donors (Lipinski definition) is 2. The third kappa shape index (κ3) is 5.01. The molecule has 0 atom stereocenters. The number of amides is 1. The Morgan fingerprint density at radius 3 is 2.61 bits per heavy atom. The summed E-state index contributed by atoms with van der Waals surface area (Å²) in [5.74, 6) is 0.264. The lowest BCUT2D eigenvalue weighted by atomic mass is 10.1. The number of rotatable bonds is 7. The van der Waals surface area contributed by atoms with Gasteiger partial charge >= 0.3 is 0 Å². The van der Waals surface area contributed by atoms with Gasteiger partial charge in [0, 0.05) is 43.9 Å². The van der Waals surface area contributed by atoms with Gasteiger partial charge in [-0.1, -0.05) is 12.1 Å². The molecule has 7 heteroatoms. The smallest absolute Gasteiger partial charge is 0.248 e. The summed E-state index contributed by atoms with van der Waals surface area (Å²) in [7, 11) is 0. The average molecular weight is 419 g/mol. The molecule has 0 saturated heterocycles. The van der Waals surface area contributed by atoms with Crippen LogP contribution in [0.15, 0.2) is 71.8 Å². The Labute approximate surface area is 178 Å². The van der Waals surface area contributed by atoms with Gasteiger partial charge in [0.25, 0.3) is 0 Å². The Hall–Kier alpha value is -3.87. The average Bonchev–Trinajstić information content (AvgIpc) is 3.14. The van der Waals surface area contributed by atoms with Gasteiger partial charge in [-0.2, -0.15) is 0 Å². The summed E-state index contributed by atoms with van der Waals surface area (Å²) < 4.78 is 21.3. The first-order valence-electron chi connectivity index (χ1n) is 9.89. The topological polar surface area (TPSA) is 76.1 Å². The van der Waals surface area contributed by atoms with Crippen molar-refractivity contribution in [2.24, 2.45) is 0 Å². The van der Waals surface area contributed by atoms with Gasteiger partial charge in [-0.15, -0.1) is 0 Å². The van der Waals surface area contributed by atoms with Crippen LogP contribution in [0.3, 0.4) is 0 Å². The highest BCUT2D eigenvalue weighted by Gasteiger charge is 2.11. The predicted molar refractivity (Wildman–Crippen MR) is 116 cm³/mol. The Bertz CT molecular complexity index is 1280. The van der Waals surface area contributed by atoms with Gasteiger partial charge in [0.05, 0.1) is 5.52 Å². The summed E-state index contributed by atoms with van der Waals surface area (Å²) in [6, 6.07) is 15.5. The molecule has 0 aliphatic carbocycles. The van der Waals surface area contributed by atoms with Gasteiger partial charge in [0.1, 0.15) is 18.2 Å². The number of carbonyl (C=O) groups is 1. The van der Waals surface area contributed by atoms with Crippen LogP contribution >= 0.6 is 0 Å². The molecule has 0 aliphatic rings. The Balaban J connectivity index is 1.67. The number of pyridine rings is 1. The SMILES string of the molecule is CC(=O)NCc1cc(OCc2ccc(F)cc2)c2ccn(Cc3cc[nH]c(=O)c3)c2c1. The molecule has 2 N–H and O–H groups in total. The molecule has 0 spiro atoms. The van der Waals surface area contributed by atoms with Crippen molar-refractivity contribution in [3.63, 3.8) is 0 Å². The number of H-pyrrole nitrogens is 1. The summed E-state index contributed by atoms with van der Waals surface area (Å²) in [5, 5.41) is 3.73. The van der Waals surface area contributed by atoms with Gasteiger partial charge in [-0.25, -0.2) is 4.39 Å². The predicted octanol–water partition coefficient (Wildman–Crippen LogP) is 3.73. The molecule has 0 radical (unpaired) electrons. The van der Waals surface area contributed by atoms with Crippen LogP contribution in [0, 0.1) is 5.82 Å². The third-order valence-electron chi connectivity index (χ3n) is 4.95. The Kier molecular flexibility index (Phi) is 5.84. The lowest BCUT2D eigenvalue weighted by Gasteiger charge is -2.13. The molecule has 158 valence electrons. The molecule has 0 fully saturated rings. The monoisotopic (exact) mass is 419 g/mol. The summed E-state index contributed by atoms with van der Waals surface area (Å²) in [6.45, 7) is 2.65. The van der Waals surface area contributed by atoms with Crippen LogP contribution in [0.25, 0.3) is 10.9 Å². The summed E-state index contributed by atoms with van der Waals surface area (Å²) >= 11 is 0. The van der Waals surface area contributed by atoms with Crippen molar-refractivity contribution in [3.8, 4) is 5.75 Å². The molecule has 0 aliphatic heterocycles. The molecule has 0 bridgehead atoms. The Morgan fingerprint density at radius 1 is 1.06 bits per heavy atom. The van der Waals surface area contributed by atoms with Gasteiger partial charge in [0.15, 0.2) is 0 Å². The number of benzene rings is 2. The van der Waals surface area contributed by atoms with Crippen LogP contribution in [0.2, 0.25) is 0 Å². The van der Waals surface area contributed by atoms with E-state index in [1.807, 2.05) is 35.0 Å². The van der Waals surface area contributed by atoms with E-state index in [2.05, 4.69) is 10.3 Å². The fourth-order valence-electron chi connectivity index (χ4n) is 3.43. The zero-order valence-electron chi connectivity index (χ0n) is 17.0. The van der Waals surface area contributed by atoms with Crippen molar-refractivity contribution < 1.29 is 13.9 Å². The Morgan fingerprint density at radius 2 is 1.87 bits per heavy atom. The fourth-order valence-corrected chi connectivity index (χ4v) is 3.43. The highest BCUT2D eigenvalue weighted by molar-refractivity contribution is 5.87. The summed E-state index contributed by atoms with van der Waals surface area (Å²) in [6.07, 6.45) is 3.57. The zero-order valence-corrected chi connectivity index (χ0v) is 17.0. The number of nitrogens with zero attached hydrogens (tertiary/aromatic N) is 1. The second-order valence-corrected chi connectivity index (χ2v) is 7.36. The van der Waals surface area contributed by atoms with E-state index in [0.717, 1.165) is 27.6 Å². The van der Waals surface area contributed by atoms with Crippen LogP contribution in [-0.4, -0.2) is 15.5 Å². The highest BCUT2D eigenvalue weighted by Crippen LogP contribution is 2.30. The summed E-state index contributed by atoms with van der Waals surface area (Å²) in [5.41, 5.74) is 3.40. The van der Waals surface area contributed by atoms with E-state index in [4.69, 9.17) is 4.74 Å². The zero-order chi connectivity index (χ0) is 21.8. The van der Waals surface area contributed by atoms with E-state index < -0.39 is 0 Å². The van der Waals surface area contributed by atoms with Crippen LogP contribution in [0.5, 0.6) is 5.75 Å². The standard InChI is InChI=1S/C24H22FN3O3/c1-16(29)27-13-19-10-22-21(7-9-28(22)14-18-6-8-26-24(30)12-18)23(11-19)31-15-17-2-4-20(25)5-3-17/h2-12H,13-15H2,1H3,(H,26,30)(H,27,29). The van der Waals surface area contributed by atoms with E-state index >= 15 is 0 Å². The third-order valence-corrected chi connectivity index (χ3v) is 4.95. The molecule has 0 saturated carbocycles. The largest absolute Gasteiger partial charge is 0.488 e. The maximum atomic E-state index is 13.2. The molecule has 2 aromatic heterocycles. The van der Waals surface area contributed by atoms with Gasteiger partial charge in [0.2, 0.25) is 11.5 Å². The molecule has 2 heterocycles. The number of halogens is 1. The van der Waals surface area contributed by atoms with Crippen molar-refractivity contribution >= 4 is 16.8 Å². The van der Waals surface area contributed by atoms with E-state index in [-0.39, 0.29) is 23.9 Å². The van der Waals surface area contributed by atoms with Crippen molar-refractivity contribution in [1.82, 2.24) is 14.9 Å². The van der Waals surface area contributed by atoms with Crippen molar-refractivity contribution in [2.45, 2.75) is 26.6 Å². The number of hydrogen-bond acceptors (Lipinski definition) is 3. The van der Waals surface area contributed by atoms with E-state index in [1.165, 1.54) is 19.1 Å². The van der Waals surface area contributed by atoms with Crippen LogP contribution in [0.4, 0.5) is 4.39 Å². The van der Waals surface area contributed by atoms with Crippen molar-refractivity contribution in [2.75, 3.05) is 0 Å². The molecule has 0 unspecified atom stereocenters. The van der Waals surface area contributed by atoms with E-state index in [9.17, 15) is 14.0 Å². The first-order chi connectivity index (χ1) is 15.0. The number of aromatic amines is 1. The lowest BCUT2D eigenvalue weighted by Crippen LogP contribution is -2.19. The highest BCUT2D eigenvalue weighted by atomic mass is 19.1. The maximum absolute atomic E-state index is 13.2. The minimum Gasteiger partial charge on any atom is -0.488 e. The molecule has 2 aromatic carbocycles. The first-order valence-corrected chi connectivity index (χ1v) is 9.89. The first kappa shape index (κ1) is 20.4. The minimum absolute atomic E-state index is 0.118. The number of ether oxygens (including phenoxy) is 1. The van der Waals surface area contributed by atoms with Crippen LogP contribution in [0.1, 0.15) is 23.6 Å². The lowest BCUT2D eigenvalue weighted by molar-refractivity contribution is -0.119. The molecular formula is C24H22FN3O3. The maximum Gasteiger partial charge on any atom is 0.248 e. The van der Waals surface area contributed by atoms with Crippen molar-refractivity contribution in [1.29, 1.82) is 0 Å². The fraction of sp³-hybridized carbons (Fsp3) is 0.167. The van der Waals surface area contributed by atoms with Crippen LogP contribution in [-0.2, 0) is 24.5 Å². The number of carbonyl (C=O) groups excluding carboxylic acids is 1. The molecule has 4 aromatic rings. The van der Waals surface area contributed by atoms with Gasteiger partial charge in [-0.05, 0) is 53.1 Å².